The molecule has 0 bridgehead atoms. The molecule has 0 amide bonds. The molecule has 0 saturated heterocycles. The van der Waals surface area contributed by atoms with Crippen LogP contribution in [0.15, 0.2) is 24.3 Å². The zero-order chi connectivity index (χ0) is 12.4. The summed E-state index contributed by atoms with van der Waals surface area (Å²) in [6.07, 6.45) is 3.09. The summed E-state index contributed by atoms with van der Waals surface area (Å²) in [5, 5.41) is 10.9. The van der Waals surface area contributed by atoms with Crippen LogP contribution in [0, 0.1) is 0 Å². The predicted molar refractivity (Wildman–Crippen MR) is 71.8 cm³/mol. The third-order valence-corrected chi connectivity index (χ3v) is 3.42. The lowest BCUT2D eigenvalue weighted by Gasteiger charge is -2.24. The lowest BCUT2D eigenvalue weighted by atomic mass is 9.93. The molecule has 1 aromatic heterocycles. The van der Waals surface area contributed by atoms with Gasteiger partial charge >= 0.3 is 0 Å². The van der Waals surface area contributed by atoms with E-state index in [1.807, 2.05) is 0 Å². The molecule has 0 saturated carbocycles. The molecule has 2 N–H and O–H groups in total. The zero-order valence-electron chi connectivity index (χ0n) is 10.6. The maximum Gasteiger partial charge on any atom is 0.155 e. The van der Waals surface area contributed by atoms with Gasteiger partial charge in [0.25, 0.3) is 0 Å². The first-order valence-corrected chi connectivity index (χ1v) is 6.59. The Labute approximate surface area is 107 Å². The number of anilines is 1. The standard InChI is InChI=1S/C14H18N4/c1-2-5-13-16-14(18-17-13)11-8-10-6-3-4-7-12(10)15-9-11/h3-4,6-7,11,15H,2,5,8-9H2,1H3,(H,16,17,18). The van der Waals surface area contributed by atoms with Gasteiger partial charge in [0.15, 0.2) is 5.82 Å². The second kappa shape index (κ2) is 4.80. The van der Waals surface area contributed by atoms with E-state index in [0.29, 0.717) is 5.92 Å². The lowest BCUT2D eigenvalue weighted by molar-refractivity contribution is 0.651. The second-order valence-corrected chi connectivity index (χ2v) is 4.83. The summed E-state index contributed by atoms with van der Waals surface area (Å²) in [6, 6.07) is 8.46. The van der Waals surface area contributed by atoms with Gasteiger partial charge in [-0.05, 0) is 24.5 Å². The van der Waals surface area contributed by atoms with Crippen LogP contribution in [0.2, 0.25) is 0 Å². The normalized spacial score (nSPS) is 18.2. The summed E-state index contributed by atoms with van der Waals surface area (Å²) in [4.78, 5) is 4.59. The highest BCUT2D eigenvalue weighted by atomic mass is 15.2. The SMILES string of the molecule is CCCc1nc(C2CNc3ccccc3C2)n[nH]1. The molecule has 3 rings (SSSR count). The van der Waals surface area contributed by atoms with Crippen LogP contribution < -0.4 is 5.32 Å². The molecule has 0 spiro atoms. The third kappa shape index (κ3) is 2.10. The number of nitrogens with zero attached hydrogens (tertiary/aromatic N) is 2. The van der Waals surface area contributed by atoms with Gasteiger partial charge in [0.1, 0.15) is 5.82 Å². The molecule has 2 heterocycles. The number of para-hydroxylation sites is 1. The monoisotopic (exact) mass is 242 g/mol. The number of H-pyrrole nitrogens is 1. The maximum absolute atomic E-state index is 4.59. The molecule has 1 unspecified atom stereocenters. The fourth-order valence-corrected chi connectivity index (χ4v) is 2.47. The van der Waals surface area contributed by atoms with E-state index in [2.05, 4.69) is 51.7 Å². The average Bonchev–Trinajstić information content (AvgIpc) is 2.87. The summed E-state index contributed by atoms with van der Waals surface area (Å²) in [7, 11) is 0. The highest BCUT2D eigenvalue weighted by Crippen LogP contribution is 2.28. The van der Waals surface area contributed by atoms with Gasteiger partial charge in [0.2, 0.25) is 0 Å². The van der Waals surface area contributed by atoms with Crippen LogP contribution in [-0.2, 0) is 12.8 Å². The van der Waals surface area contributed by atoms with Crippen LogP contribution >= 0.6 is 0 Å². The van der Waals surface area contributed by atoms with Crippen molar-refractivity contribution in [1.82, 2.24) is 15.2 Å². The summed E-state index contributed by atoms with van der Waals surface area (Å²) < 4.78 is 0. The van der Waals surface area contributed by atoms with Gasteiger partial charge < -0.3 is 5.32 Å². The Hall–Kier alpha value is -1.84. The fourth-order valence-electron chi connectivity index (χ4n) is 2.47. The first kappa shape index (κ1) is 11.3. The molecule has 1 aromatic carbocycles. The molecule has 4 heteroatoms. The van der Waals surface area contributed by atoms with Crippen LogP contribution in [0.5, 0.6) is 0 Å². The van der Waals surface area contributed by atoms with E-state index in [1.165, 1.54) is 11.3 Å². The van der Waals surface area contributed by atoms with Gasteiger partial charge in [0.05, 0.1) is 0 Å². The number of aromatic nitrogens is 3. The van der Waals surface area contributed by atoms with Crippen molar-refractivity contribution in [3.8, 4) is 0 Å². The van der Waals surface area contributed by atoms with Crippen molar-refractivity contribution in [2.24, 2.45) is 0 Å². The van der Waals surface area contributed by atoms with Crippen molar-refractivity contribution in [3.05, 3.63) is 41.5 Å². The number of aryl methyl sites for hydroxylation is 1. The third-order valence-electron chi connectivity index (χ3n) is 3.42. The minimum Gasteiger partial charge on any atom is -0.384 e. The smallest absolute Gasteiger partial charge is 0.155 e. The number of aromatic amines is 1. The molecule has 0 aliphatic carbocycles. The Balaban J connectivity index is 1.78. The molecular formula is C14H18N4. The molecule has 0 radical (unpaired) electrons. The highest BCUT2D eigenvalue weighted by Gasteiger charge is 2.22. The maximum atomic E-state index is 4.59. The van der Waals surface area contributed by atoms with Crippen molar-refractivity contribution in [3.63, 3.8) is 0 Å². The van der Waals surface area contributed by atoms with Gasteiger partial charge in [0, 0.05) is 24.6 Å². The number of hydrogen-bond acceptors (Lipinski definition) is 3. The minimum absolute atomic E-state index is 0.377. The molecule has 1 atom stereocenters. The largest absolute Gasteiger partial charge is 0.384 e. The van der Waals surface area contributed by atoms with Crippen LogP contribution in [0.3, 0.4) is 0 Å². The molecule has 1 aliphatic heterocycles. The van der Waals surface area contributed by atoms with E-state index < -0.39 is 0 Å². The molecular weight excluding hydrogens is 224 g/mol. The van der Waals surface area contributed by atoms with Crippen molar-refractivity contribution in [2.45, 2.75) is 32.1 Å². The Morgan fingerprint density at radius 2 is 2.22 bits per heavy atom. The Bertz CT molecular complexity index is 532. The van der Waals surface area contributed by atoms with E-state index in [1.54, 1.807) is 0 Å². The quantitative estimate of drug-likeness (QED) is 0.869. The molecule has 4 nitrogen and oxygen atoms in total. The molecule has 1 aliphatic rings. The van der Waals surface area contributed by atoms with Crippen LogP contribution in [0.25, 0.3) is 0 Å². The number of hydrogen-bond donors (Lipinski definition) is 2. The van der Waals surface area contributed by atoms with Crippen molar-refractivity contribution in [2.75, 3.05) is 11.9 Å². The minimum atomic E-state index is 0.377. The summed E-state index contributed by atoms with van der Waals surface area (Å²) in [5.74, 6) is 2.33. The van der Waals surface area contributed by atoms with E-state index in [9.17, 15) is 0 Å². The van der Waals surface area contributed by atoms with E-state index in [4.69, 9.17) is 0 Å². The van der Waals surface area contributed by atoms with Crippen molar-refractivity contribution in [1.29, 1.82) is 0 Å². The van der Waals surface area contributed by atoms with Gasteiger partial charge in [-0.1, -0.05) is 25.1 Å². The fraction of sp³-hybridized carbons (Fsp3) is 0.429. The van der Waals surface area contributed by atoms with Crippen molar-refractivity contribution < 1.29 is 0 Å². The van der Waals surface area contributed by atoms with E-state index in [0.717, 1.165) is 37.5 Å². The molecule has 2 aromatic rings. The summed E-state index contributed by atoms with van der Waals surface area (Å²) in [5.41, 5.74) is 2.61. The van der Waals surface area contributed by atoms with E-state index >= 15 is 0 Å². The Kier molecular flexibility index (Phi) is 3.00. The van der Waals surface area contributed by atoms with Crippen molar-refractivity contribution >= 4 is 5.69 Å². The lowest BCUT2D eigenvalue weighted by Crippen LogP contribution is -2.22. The zero-order valence-corrected chi connectivity index (χ0v) is 10.6. The summed E-state index contributed by atoms with van der Waals surface area (Å²) in [6.45, 7) is 3.07. The van der Waals surface area contributed by atoms with Crippen LogP contribution in [0.4, 0.5) is 5.69 Å². The number of fused-ring (bicyclic) bond motifs is 1. The van der Waals surface area contributed by atoms with Gasteiger partial charge in [-0.3, -0.25) is 5.10 Å². The van der Waals surface area contributed by atoms with E-state index in [-0.39, 0.29) is 0 Å². The number of nitrogens with one attached hydrogen (secondary N) is 2. The van der Waals surface area contributed by atoms with Gasteiger partial charge in [-0.25, -0.2) is 4.98 Å². The first-order chi connectivity index (χ1) is 8.86. The Morgan fingerprint density at radius 1 is 1.33 bits per heavy atom. The van der Waals surface area contributed by atoms with Crippen LogP contribution in [-0.4, -0.2) is 21.7 Å². The molecule has 0 fully saturated rings. The highest BCUT2D eigenvalue weighted by molar-refractivity contribution is 5.53. The van der Waals surface area contributed by atoms with Crippen LogP contribution in [0.1, 0.15) is 36.5 Å². The summed E-state index contributed by atoms with van der Waals surface area (Å²) >= 11 is 0. The average molecular weight is 242 g/mol. The predicted octanol–water partition coefficient (Wildman–Crippen LogP) is 2.51. The first-order valence-electron chi connectivity index (χ1n) is 6.59. The molecule has 94 valence electrons. The topological polar surface area (TPSA) is 53.6 Å². The Morgan fingerprint density at radius 3 is 3.11 bits per heavy atom. The second-order valence-electron chi connectivity index (χ2n) is 4.83. The van der Waals surface area contributed by atoms with Gasteiger partial charge in [-0.2, -0.15) is 5.10 Å². The van der Waals surface area contributed by atoms with Gasteiger partial charge in [-0.15, -0.1) is 0 Å². The number of rotatable bonds is 3. The molecule has 18 heavy (non-hydrogen) atoms. The number of benzene rings is 1.